The van der Waals surface area contributed by atoms with Gasteiger partial charge in [0.2, 0.25) is 0 Å². The standard InChI is InChI=1S/C61H104O28/c1-24(10-14-35(57(2,3)4)86-56-51(89-55-48(78)43(73)39(69)30(21-64)83-55)44(74)40(70)32(85-56)23-80-52-46(76)41(71)37(67)28(19-62)81-52)25-16-17-59(7)33-13-11-26-27(61(33,9)34(66)18-60(25,59)8)12-15-36(58(26,5)6)87-53-49(79)45(75)50(31(22-65)84-53)88-54-47(77)42(72)38(68)29(20-63)82-54/h11,24-25,27-56,62-79H,10,12-23H2,1-9H3/t24-,25-,27-,28?,29?,30?,31?,32?,33+,34-,35-,36+,37-,38-,39-,40-,41+,42+,43+,44+,45-,46?,47?,48?,49?,50-,51?,52-,53+,54+,55+,56+,59+,60-,61+/m1/s1. The Morgan fingerprint density at radius 2 is 0.966 bits per heavy atom. The topological polar surface area (TPSA) is 456 Å². The number of hydrogen-bond acceptors (Lipinski definition) is 28. The Morgan fingerprint density at radius 3 is 1.51 bits per heavy atom. The Morgan fingerprint density at radius 1 is 0.506 bits per heavy atom. The van der Waals surface area contributed by atoms with Crippen LogP contribution >= 0.6 is 0 Å². The molecule has 516 valence electrons. The van der Waals surface area contributed by atoms with Gasteiger partial charge in [0.1, 0.15) is 122 Å². The van der Waals surface area contributed by atoms with Crippen molar-refractivity contribution in [2.75, 3.05) is 33.0 Å². The van der Waals surface area contributed by atoms with Gasteiger partial charge in [0.15, 0.2) is 31.5 Å². The molecule has 28 heteroatoms. The second-order valence-electron chi connectivity index (χ2n) is 29.4. The van der Waals surface area contributed by atoms with Crippen LogP contribution in [0.5, 0.6) is 0 Å². The smallest absolute Gasteiger partial charge is 0.187 e. The van der Waals surface area contributed by atoms with Crippen molar-refractivity contribution in [2.24, 2.45) is 50.7 Å². The van der Waals surface area contributed by atoms with E-state index in [1.807, 2.05) is 20.8 Å². The summed E-state index contributed by atoms with van der Waals surface area (Å²) in [7, 11) is 0. The van der Waals surface area contributed by atoms with Crippen molar-refractivity contribution in [1.29, 1.82) is 0 Å². The molecule has 0 aromatic carbocycles. The Labute approximate surface area is 518 Å². The summed E-state index contributed by atoms with van der Waals surface area (Å²) in [5.74, 6) is 0.243. The van der Waals surface area contributed by atoms with E-state index in [-0.39, 0.29) is 34.5 Å². The number of aliphatic hydroxyl groups is 18. The molecule has 3 saturated carbocycles. The Kier molecular flexibility index (Phi) is 22.3. The van der Waals surface area contributed by atoms with E-state index in [1.54, 1.807) is 0 Å². The van der Waals surface area contributed by atoms with Crippen molar-refractivity contribution in [3.63, 3.8) is 0 Å². The first-order valence-electron chi connectivity index (χ1n) is 31.8. The summed E-state index contributed by atoms with van der Waals surface area (Å²) in [6.45, 7) is 15.6. The molecule has 5 saturated heterocycles. The van der Waals surface area contributed by atoms with E-state index in [9.17, 15) is 91.9 Å². The fraction of sp³-hybridized carbons (Fsp3) is 0.967. The average molecular weight is 1290 g/mol. The summed E-state index contributed by atoms with van der Waals surface area (Å²) in [5.41, 5.74) is -1.30. The van der Waals surface area contributed by atoms with E-state index in [0.717, 1.165) is 18.4 Å². The summed E-state index contributed by atoms with van der Waals surface area (Å²) in [5, 5.41) is 194. The lowest BCUT2D eigenvalue weighted by Gasteiger charge is -2.67. The number of fused-ring (bicyclic) bond motifs is 5. The Hall–Kier alpha value is -1.38. The van der Waals surface area contributed by atoms with Crippen LogP contribution < -0.4 is 0 Å². The number of hydrogen-bond donors (Lipinski definition) is 18. The first-order valence-corrected chi connectivity index (χ1v) is 31.8. The van der Waals surface area contributed by atoms with Crippen LogP contribution in [0.3, 0.4) is 0 Å². The van der Waals surface area contributed by atoms with Crippen molar-refractivity contribution < 1.29 is 139 Å². The number of aliphatic hydroxyl groups excluding tert-OH is 18. The molecule has 5 aliphatic heterocycles. The quantitative estimate of drug-likeness (QED) is 0.0546. The molecular formula is C61H104O28. The number of ether oxygens (including phenoxy) is 10. The van der Waals surface area contributed by atoms with E-state index in [2.05, 4.69) is 47.6 Å². The van der Waals surface area contributed by atoms with Crippen LogP contribution in [-0.4, -0.2) is 297 Å². The Balaban J connectivity index is 0.884. The van der Waals surface area contributed by atoms with Crippen LogP contribution in [0.1, 0.15) is 114 Å². The van der Waals surface area contributed by atoms with Crippen LogP contribution in [-0.2, 0) is 47.4 Å². The van der Waals surface area contributed by atoms with Crippen LogP contribution in [0.25, 0.3) is 0 Å². The number of allylic oxidation sites excluding steroid dienone is 1. The van der Waals surface area contributed by atoms with Gasteiger partial charge in [-0.25, -0.2) is 0 Å². The fourth-order valence-corrected chi connectivity index (χ4v) is 17.2. The monoisotopic (exact) mass is 1280 g/mol. The molecule has 0 radical (unpaired) electrons. The molecule has 28 nitrogen and oxygen atoms in total. The van der Waals surface area contributed by atoms with Gasteiger partial charge in [-0.15, -0.1) is 0 Å². The third kappa shape index (κ3) is 13.0. The van der Waals surface area contributed by atoms with Gasteiger partial charge in [0, 0.05) is 10.8 Å². The molecule has 4 aliphatic carbocycles. The zero-order valence-electron chi connectivity index (χ0n) is 52.4. The van der Waals surface area contributed by atoms with Crippen molar-refractivity contribution in [3.8, 4) is 0 Å². The molecule has 9 rings (SSSR count). The van der Waals surface area contributed by atoms with E-state index in [4.69, 9.17) is 47.4 Å². The first-order chi connectivity index (χ1) is 41.7. The molecule has 35 atom stereocenters. The van der Waals surface area contributed by atoms with Gasteiger partial charge in [0.25, 0.3) is 0 Å². The lowest BCUT2D eigenvalue weighted by molar-refractivity contribution is -0.379. The fourth-order valence-electron chi connectivity index (χ4n) is 17.2. The highest BCUT2D eigenvalue weighted by Gasteiger charge is 2.71. The zero-order valence-corrected chi connectivity index (χ0v) is 52.4. The third-order valence-corrected chi connectivity index (χ3v) is 23.1. The van der Waals surface area contributed by atoms with Crippen molar-refractivity contribution in [3.05, 3.63) is 11.6 Å². The second kappa shape index (κ2) is 27.6. The van der Waals surface area contributed by atoms with E-state index in [0.29, 0.717) is 38.5 Å². The maximum absolute atomic E-state index is 12.9. The normalized spacial score (nSPS) is 51.8. The molecule has 5 heterocycles. The molecule has 0 aromatic rings. The maximum Gasteiger partial charge on any atom is 0.187 e. The first kappa shape index (κ1) is 71.9. The van der Waals surface area contributed by atoms with Crippen molar-refractivity contribution in [2.45, 2.75) is 286 Å². The number of rotatable bonds is 19. The van der Waals surface area contributed by atoms with E-state index >= 15 is 0 Å². The highest BCUT2D eigenvalue weighted by atomic mass is 16.8. The molecule has 8 fully saturated rings. The van der Waals surface area contributed by atoms with Gasteiger partial charge in [-0.05, 0) is 91.3 Å². The molecule has 10 unspecified atom stereocenters. The minimum Gasteiger partial charge on any atom is -0.394 e. The second-order valence-corrected chi connectivity index (χ2v) is 29.4. The largest absolute Gasteiger partial charge is 0.394 e. The SMILES string of the molecule is C[C@H](CC[C@@H](O[C@@H]1OC(CO[C@@H]2OC(CO)[C@@H](O)[C@H](O)C2O)[C@@H](O)[C@H](O)C1O[C@@H]1OC(CO)[C@@H](O)[C@H](O)C1O)C(C)(C)C)[C@H]1CC[C@@]2(C)[C@@H]3CC=C4[C@@H](CC[C@H](O[C@@H]5OC(CO)[C@@H](O[C@@H]6OC(CO)[C@@H](O)[C@H](O)C6O)[C@H](O)C5O)C4(C)C)[C@]3(C)[C@H](O)C[C@]12C. The van der Waals surface area contributed by atoms with Gasteiger partial charge in [-0.3, -0.25) is 0 Å². The molecule has 89 heavy (non-hydrogen) atoms. The molecular weight excluding hydrogens is 1180 g/mol. The van der Waals surface area contributed by atoms with E-state index < -0.39 is 221 Å². The van der Waals surface area contributed by atoms with Gasteiger partial charge in [-0.2, -0.15) is 0 Å². The zero-order chi connectivity index (χ0) is 65.5. The highest BCUT2D eigenvalue weighted by Crippen LogP contribution is 2.75. The van der Waals surface area contributed by atoms with Crippen LogP contribution in [0.2, 0.25) is 0 Å². The summed E-state index contributed by atoms with van der Waals surface area (Å²) in [6, 6.07) is 0. The third-order valence-electron chi connectivity index (χ3n) is 23.1. The highest BCUT2D eigenvalue weighted by molar-refractivity contribution is 5.32. The summed E-state index contributed by atoms with van der Waals surface area (Å²) in [4.78, 5) is 0. The predicted octanol–water partition coefficient (Wildman–Crippen LogP) is -4.13. The van der Waals surface area contributed by atoms with Gasteiger partial charge >= 0.3 is 0 Å². The lowest BCUT2D eigenvalue weighted by Crippen LogP contribution is -2.66. The maximum atomic E-state index is 12.9. The van der Waals surface area contributed by atoms with Crippen LogP contribution in [0.4, 0.5) is 0 Å². The average Bonchev–Trinajstić information content (AvgIpc) is 1.66. The Bertz CT molecular complexity index is 2340. The van der Waals surface area contributed by atoms with E-state index in [1.165, 1.54) is 0 Å². The summed E-state index contributed by atoms with van der Waals surface area (Å²) >= 11 is 0. The predicted molar refractivity (Wildman–Crippen MR) is 303 cm³/mol. The van der Waals surface area contributed by atoms with Crippen molar-refractivity contribution >= 4 is 0 Å². The molecule has 0 bridgehead atoms. The van der Waals surface area contributed by atoms with Crippen LogP contribution in [0, 0.1) is 50.7 Å². The molecule has 0 amide bonds. The van der Waals surface area contributed by atoms with Crippen molar-refractivity contribution in [1.82, 2.24) is 0 Å². The van der Waals surface area contributed by atoms with Crippen LogP contribution in [0.15, 0.2) is 11.6 Å². The van der Waals surface area contributed by atoms with Gasteiger partial charge in [-0.1, -0.05) is 74.0 Å². The van der Waals surface area contributed by atoms with Gasteiger partial charge < -0.3 is 139 Å². The summed E-state index contributed by atoms with van der Waals surface area (Å²) in [6.07, 6.45) is -35.5. The molecule has 0 spiro atoms. The van der Waals surface area contributed by atoms with Gasteiger partial charge in [0.05, 0.1) is 51.3 Å². The molecule has 9 aliphatic rings. The molecule has 18 N–H and O–H groups in total. The lowest BCUT2D eigenvalue weighted by atomic mass is 9.38. The minimum absolute atomic E-state index is 0.0491. The molecule has 0 aromatic heterocycles. The summed E-state index contributed by atoms with van der Waals surface area (Å²) < 4.78 is 60.1. The minimum atomic E-state index is -1.90.